The highest BCUT2D eigenvalue weighted by atomic mass is 31.2. The molecule has 0 aromatic rings. The molecule has 0 radical (unpaired) electrons. The molecule has 0 saturated carbocycles. The van der Waals surface area contributed by atoms with Crippen LogP contribution in [0.3, 0.4) is 0 Å². The van der Waals surface area contributed by atoms with E-state index in [0.29, 0.717) is 31.6 Å². The Kier molecular flexibility index (Phi) is 58.5. The zero-order valence-electron chi connectivity index (χ0n) is 58.1. The second kappa shape index (κ2) is 59.8. The molecule has 0 heterocycles. The van der Waals surface area contributed by atoms with E-state index in [1.807, 2.05) is 0 Å². The molecule has 4 unspecified atom stereocenters. The number of rotatable bonds is 67. The number of esters is 4. The van der Waals surface area contributed by atoms with Crippen molar-refractivity contribution < 1.29 is 80.2 Å². The van der Waals surface area contributed by atoms with Crippen LogP contribution in [0.15, 0.2) is 0 Å². The van der Waals surface area contributed by atoms with Crippen LogP contribution in [0.5, 0.6) is 0 Å². The summed E-state index contributed by atoms with van der Waals surface area (Å²) in [6.45, 7) is 14.1. The van der Waals surface area contributed by atoms with Gasteiger partial charge in [-0.05, 0) is 49.4 Å². The highest BCUT2D eigenvalue weighted by molar-refractivity contribution is 7.47. The SMILES string of the molecule is CCC(C)CCCCCCCCCCC(=O)O[C@H](COC(=O)CCCCCCCCCCCCCCCC(C)C)COP(=O)(O)OCC(O)COP(=O)(O)OC[C@@H](COC(=O)CCCCCCCCCC(C)C)OC(=O)CCCCCCCCCCC(C)C. The minimum Gasteiger partial charge on any atom is -0.462 e. The molecule has 6 atom stereocenters. The molecule has 89 heavy (non-hydrogen) atoms. The number of hydrogen-bond donors (Lipinski definition) is 3. The van der Waals surface area contributed by atoms with Gasteiger partial charge in [0.25, 0.3) is 0 Å². The first kappa shape index (κ1) is 87.1. The van der Waals surface area contributed by atoms with Crippen LogP contribution >= 0.6 is 15.6 Å². The summed E-state index contributed by atoms with van der Waals surface area (Å²) in [7, 11) is -9.90. The van der Waals surface area contributed by atoms with Gasteiger partial charge in [-0.2, -0.15) is 0 Å². The summed E-state index contributed by atoms with van der Waals surface area (Å²) in [5.74, 6) is 0.851. The van der Waals surface area contributed by atoms with Gasteiger partial charge in [-0.3, -0.25) is 37.3 Å². The van der Waals surface area contributed by atoms with E-state index in [-0.39, 0.29) is 25.7 Å². The maximum Gasteiger partial charge on any atom is 0.472 e. The van der Waals surface area contributed by atoms with Gasteiger partial charge in [-0.25, -0.2) is 9.13 Å². The number of unbranched alkanes of at least 4 members (excludes halogenated alkanes) is 32. The van der Waals surface area contributed by atoms with Crippen molar-refractivity contribution in [3.8, 4) is 0 Å². The molecule has 0 saturated heterocycles. The second-order valence-corrected chi connectivity index (χ2v) is 29.8. The van der Waals surface area contributed by atoms with Gasteiger partial charge in [0.05, 0.1) is 26.4 Å². The molecule has 0 aliphatic heterocycles. The van der Waals surface area contributed by atoms with E-state index < -0.39 is 97.5 Å². The zero-order chi connectivity index (χ0) is 66.1. The van der Waals surface area contributed by atoms with Gasteiger partial charge in [-0.1, -0.05) is 293 Å². The van der Waals surface area contributed by atoms with Crippen molar-refractivity contribution in [1.29, 1.82) is 0 Å². The van der Waals surface area contributed by atoms with Crippen LogP contribution in [0, 0.1) is 23.7 Å². The van der Waals surface area contributed by atoms with E-state index in [1.54, 1.807) is 0 Å². The van der Waals surface area contributed by atoms with Gasteiger partial charge in [0, 0.05) is 25.7 Å². The maximum atomic E-state index is 13.0. The average Bonchev–Trinajstić information content (AvgIpc) is 3.52. The molecule has 3 N–H and O–H groups in total. The normalized spacial score (nSPS) is 14.6. The lowest BCUT2D eigenvalue weighted by atomic mass is 9.99. The molecule has 0 aliphatic carbocycles. The van der Waals surface area contributed by atoms with Gasteiger partial charge >= 0.3 is 39.5 Å². The van der Waals surface area contributed by atoms with Gasteiger partial charge in [-0.15, -0.1) is 0 Å². The van der Waals surface area contributed by atoms with E-state index in [1.165, 1.54) is 141 Å². The smallest absolute Gasteiger partial charge is 0.462 e. The molecule has 0 rings (SSSR count). The van der Waals surface area contributed by atoms with Gasteiger partial charge in [0.1, 0.15) is 19.3 Å². The fraction of sp³-hybridized carbons (Fsp3) is 0.943. The maximum absolute atomic E-state index is 13.0. The Hall–Kier alpha value is -1.94. The summed E-state index contributed by atoms with van der Waals surface area (Å²) in [6.07, 6.45) is 41.8. The third-order valence-electron chi connectivity index (χ3n) is 16.4. The molecular weight excluding hydrogens is 1170 g/mol. The van der Waals surface area contributed by atoms with Crippen LogP contribution < -0.4 is 0 Å². The minimum atomic E-state index is -4.95. The van der Waals surface area contributed by atoms with E-state index in [2.05, 4.69) is 55.4 Å². The molecule has 0 aromatic carbocycles. The van der Waals surface area contributed by atoms with Crippen LogP contribution in [0.4, 0.5) is 0 Å². The van der Waals surface area contributed by atoms with Gasteiger partial charge < -0.3 is 33.8 Å². The Morgan fingerprint density at radius 1 is 0.315 bits per heavy atom. The molecule has 17 nitrogen and oxygen atoms in total. The lowest BCUT2D eigenvalue weighted by molar-refractivity contribution is -0.161. The largest absolute Gasteiger partial charge is 0.472 e. The number of carbonyl (C=O) groups is 4. The van der Waals surface area contributed by atoms with Crippen molar-refractivity contribution in [3.05, 3.63) is 0 Å². The lowest BCUT2D eigenvalue weighted by Gasteiger charge is -2.21. The molecule has 528 valence electrons. The van der Waals surface area contributed by atoms with Crippen molar-refractivity contribution in [2.45, 2.75) is 363 Å². The summed E-state index contributed by atoms with van der Waals surface area (Å²) in [5, 5.41) is 10.6. The van der Waals surface area contributed by atoms with E-state index in [9.17, 15) is 43.2 Å². The topological polar surface area (TPSA) is 237 Å². The monoisotopic (exact) mass is 1310 g/mol. The van der Waals surface area contributed by atoms with Crippen molar-refractivity contribution in [3.63, 3.8) is 0 Å². The average molecular weight is 1310 g/mol. The van der Waals surface area contributed by atoms with Crippen LogP contribution in [0.25, 0.3) is 0 Å². The predicted molar refractivity (Wildman–Crippen MR) is 358 cm³/mol. The van der Waals surface area contributed by atoms with Crippen molar-refractivity contribution >= 4 is 39.5 Å². The molecule has 0 aromatic heterocycles. The molecule has 0 aliphatic rings. The Labute approximate surface area is 543 Å². The third kappa shape index (κ3) is 63.2. The number of phosphoric acid groups is 2. The number of aliphatic hydroxyl groups is 1. The van der Waals surface area contributed by atoms with Crippen molar-refractivity contribution in [2.24, 2.45) is 23.7 Å². The third-order valence-corrected chi connectivity index (χ3v) is 18.3. The minimum absolute atomic E-state index is 0.103. The van der Waals surface area contributed by atoms with Crippen molar-refractivity contribution in [2.75, 3.05) is 39.6 Å². The van der Waals surface area contributed by atoms with Crippen molar-refractivity contribution in [1.82, 2.24) is 0 Å². The molecule has 19 heteroatoms. The highest BCUT2D eigenvalue weighted by Gasteiger charge is 2.30. The van der Waals surface area contributed by atoms with E-state index in [4.69, 9.17) is 37.0 Å². The summed E-state index contributed by atoms with van der Waals surface area (Å²) in [6, 6.07) is 0. The first-order valence-electron chi connectivity index (χ1n) is 36.2. The summed E-state index contributed by atoms with van der Waals surface area (Å²) in [4.78, 5) is 72.5. The molecule has 0 fully saturated rings. The van der Waals surface area contributed by atoms with Gasteiger partial charge in [0.2, 0.25) is 0 Å². The number of phosphoric ester groups is 2. The first-order valence-corrected chi connectivity index (χ1v) is 39.2. The Bertz CT molecular complexity index is 1770. The fourth-order valence-corrected chi connectivity index (χ4v) is 12.0. The summed E-state index contributed by atoms with van der Waals surface area (Å²) < 4.78 is 68.3. The summed E-state index contributed by atoms with van der Waals surface area (Å²) in [5.41, 5.74) is 0. The van der Waals surface area contributed by atoms with E-state index in [0.717, 1.165) is 114 Å². The number of ether oxygens (including phenoxy) is 4. The predicted octanol–water partition coefficient (Wildman–Crippen LogP) is 19.7. The Morgan fingerprint density at radius 3 is 0.798 bits per heavy atom. The molecular formula is C70H136O17P2. The number of hydrogen-bond acceptors (Lipinski definition) is 15. The molecule has 0 amide bonds. The van der Waals surface area contributed by atoms with Crippen LogP contribution in [-0.2, 0) is 65.4 Å². The first-order chi connectivity index (χ1) is 42.6. The number of aliphatic hydroxyl groups excluding tert-OH is 1. The lowest BCUT2D eigenvalue weighted by Crippen LogP contribution is -2.30. The highest BCUT2D eigenvalue weighted by Crippen LogP contribution is 2.45. The van der Waals surface area contributed by atoms with E-state index >= 15 is 0 Å². The van der Waals surface area contributed by atoms with Crippen LogP contribution in [0.2, 0.25) is 0 Å². The van der Waals surface area contributed by atoms with Crippen LogP contribution in [-0.4, -0.2) is 96.7 Å². The summed E-state index contributed by atoms with van der Waals surface area (Å²) >= 11 is 0. The quantitative estimate of drug-likeness (QED) is 0.0222. The molecule has 0 spiro atoms. The molecule has 0 bridgehead atoms. The zero-order valence-corrected chi connectivity index (χ0v) is 59.8. The fourth-order valence-electron chi connectivity index (χ4n) is 10.5. The Balaban J connectivity index is 5.24. The Morgan fingerprint density at radius 2 is 0.539 bits per heavy atom. The standard InChI is InChI=1S/C70H136O17P2/c1-9-63(8)49-41-33-25-18-20-28-37-45-53-70(75)87-65(56-80-67(72)50-42-34-26-16-14-12-10-11-13-15-22-30-38-46-60(2)3)58-84-88(76,77)82-54-64(71)55-83-89(78,79)85-59-66(57-81-68(73)51-43-35-29-21-24-32-40-48-62(6)7)86-69(74)52-44-36-27-19-17-23-31-39-47-61(4)5/h60-66,71H,9-59H2,1-8H3,(H,76,77)(H,78,79)/t63?,64?,65-,66-/m1/s1. The second-order valence-electron chi connectivity index (χ2n) is 26.9. The van der Waals surface area contributed by atoms with Gasteiger partial charge in [0.15, 0.2) is 12.2 Å². The number of carbonyl (C=O) groups excluding carboxylic acids is 4. The van der Waals surface area contributed by atoms with Crippen LogP contribution in [0.1, 0.15) is 344 Å².